The molecule has 1 aromatic carbocycles. The van der Waals surface area contributed by atoms with Crippen molar-refractivity contribution in [3.05, 3.63) is 42.0 Å². The van der Waals surface area contributed by atoms with E-state index in [4.69, 9.17) is 0 Å². The second-order valence-electron chi connectivity index (χ2n) is 6.55. The fourth-order valence-electron chi connectivity index (χ4n) is 2.75. The molecule has 1 saturated heterocycles. The number of sulfonamides is 1. The van der Waals surface area contributed by atoms with Crippen LogP contribution in [0.5, 0.6) is 0 Å². The number of nitrogens with one attached hydrogen (secondary N) is 2. The summed E-state index contributed by atoms with van der Waals surface area (Å²) in [5, 5.41) is 4.92. The minimum absolute atomic E-state index is 0.166. The van der Waals surface area contributed by atoms with Crippen LogP contribution >= 0.6 is 0 Å². The zero-order valence-corrected chi connectivity index (χ0v) is 17.4. The number of amides is 3. The summed E-state index contributed by atoms with van der Waals surface area (Å²) in [6.07, 6.45) is 2.19. The molecule has 1 aromatic rings. The molecule has 2 rings (SSSR count). The van der Waals surface area contributed by atoms with Crippen LogP contribution in [0.2, 0.25) is 0 Å². The monoisotopic (exact) mass is 422 g/mol. The number of benzene rings is 1. The van der Waals surface area contributed by atoms with Gasteiger partial charge in [0.25, 0.3) is 0 Å². The van der Waals surface area contributed by atoms with Crippen LogP contribution in [0.3, 0.4) is 0 Å². The average Bonchev–Trinajstić information content (AvgIpc) is 2.71. The number of hydrogen-bond acceptors (Lipinski definition) is 5. The van der Waals surface area contributed by atoms with E-state index in [2.05, 4.69) is 10.6 Å². The number of hydrogen-bond donors (Lipinski definition) is 2. The van der Waals surface area contributed by atoms with E-state index in [9.17, 15) is 22.8 Å². The van der Waals surface area contributed by atoms with Gasteiger partial charge in [-0.1, -0.05) is 17.7 Å². The van der Waals surface area contributed by atoms with Crippen LogP contribution in [0.1, 0.15) is 12.5 Å². The highest BCUT2D eigenvalue weighted by Crippen LogP contribution is 2.18. The zero-order valence-electron chi connectivity index (χ0n) is 16.6. The van der Waals surface area contributed by atoms with E-state index in [0.29, 0.717) is 6.54 Å². The van der Waals surface area contributed by atoms with Crippen molar-refractivity contribution in [1.29, 1.82) is 0 Å². The third-order valence-electron chi connectivity index (χ3n) is 4.38. The van der Waals surface area contributed by atoms with Gasteiger partial charge in [-0.3, -0.25) is 14.4 Å². The summed E-state index contributed by atoms with van der Waals surface area (Å²) >= 11 is 0. The van der Waals surface area contributed by atoms with E-state index in [1.807, 2.05) is 6.92 Å². The van der Waals surface area contributed by atoms with Gasteiger partial charge < -0.3 is 15.5 Å². The lowest BCUT2D eigenvalue weighted by molar-refractivity contribution is -0.127. The fourth-order valence-corrected chi connectivity index (χ4v) is 4.17. The average molecular weight is 423 g/mol. The molecule has 0 aromatic heterocycles. The molecule has 1 aliphatic heterocycles. The number of rotatable bonds is 7. The molecule has 0 bridgehead atoms. The Morgan fingerprint density at radius 3 is 2.21 bits per heavy atom. The summed E-state index contributed by atoms with van der Waals surface area (Å²) in [5.41, 5.74) is 0.973. The Hall–Kier alpha value is -2.72. The largest absolute Gasteiger partial charge is 0.355 e. The van der Waals surface area contributed by atoms with Crippen molar-refractivity contribution in [2.45, 2.75) is 18.7 Å². The lowest BCUT2D eigenvalue weighted by atomic mass is 10.2. The van der Waals surface area contributed by atoms with Crippen molar-refractivity contribution >= 4 is 27.7 Å². The number of aryl methyl sites for hydroxylation is 1. The van der Waals surface area contributed by atoms with Gasteiger partial charge in [-0.25, -0.2) is 8.42 Å². The van der Waals surface area contributed by atoms with Gasteiger partial charge in [-0.2, -0.15) is 4.31 Å². The number of nitrogens with zero attached hydrogens (tertiary/aromatic N) is 2. The number of piperazine rings is 1. The summed E-state index contributed by atoms with van der Waals surface area (Å²) in [5.74, 6) is -1.25. The van der Waals surface area contributed by atoms with Crippen molar-refractivity contribution in [1.82, 2.24) is 19.8 Å². The molecule has 0 atom stereocenters. The predicted molar refractivity (Wildman–Crippen MR) is 107 cm³/mol. The standard InChI is InChI=1S/C19H26N4O5S/c1-3-20-18(25)14-21-17(24)8-9-19(26)22-10-12-23(13-11-22)29(27,28)16-6-4-15(2)5-7-16/h4-9H,3,10-14H2,1-2H3,(H,20,25)(H,21,24)/b9-8+. The van der Waals surface area contributed by atoms with E-state index in [1.54, 1.807) is 31.2 Å². The quantitative estimate of drug-likeness (QED) is 0.582. The number of carbonyl (C=O) groups is 3. The number of carbonyl (C=O) groups excluding carboxylic acids is 3. The van der Waals surface area contributed by atoms with E-state index >= 15 is 0 Å². The second kappa shape index (κ2) is 10.2. The first-order chi connectivity index (χ1) is 13.7. The first kappa shape index (κ1) is 22.6. The van der Waals surface area contributed by atoms with Crippen LogP contribution in [0.4, 0.5) is 0 Å². The van der Waals surface area contributed by atoms with Crippen molar-refractivity contribution in [2.75, 3.05) is 39.3 Å². The third kappa shape index (κ3) is 6.40. The van der Waals surface area contributed by atoms with Crippen molar-refractivity contribution in [3.63, 3.8) is 0 Å². The van der Waals surface area contributed by atoms with Crippen molar-refractivity contribution in [2.24, 2.45) is 0 Å². The third-order valence-corrected chi connectivity index (χ3v) is 6.30. The van der Waals surface area contributed by atoms with Crippen LogP contribution in [0, 0.1) is 6.92 Å². The normalized spacial score (nSPS) is 15.3. The van der Waals surface area contributed by atoms with Gasteiger partial charge in [0, 0.05) is 44.9 Å². The Morgan fingerprint density at radius 1 is 1.00 bits per heavy atom. The molecule has 9 nitrogen and oxygen atoms in total. The van der Waals surface area contributed by atoms with Crippen LogP contribution < -0.4 is 10.6 Å². The summed E-state index contributed by atoms with van der Waals surface area (Å²) in [6, 6.07) is 6.64. The van der Waals surface area contributed by atoms with Crippen LogP contribution in [0.25, 0.3) is 0 Å². The second-order valence-corrected chi connectivity index (χ2v) is 8.49. The molecule has 1 fully saturated rings. The molecule has 10 heteroatoms. The van der Waals surface area contributed by atoms with E-state index in [1.165, 1.54) is 9.21 Å². The topological polar surface area (TPSA) is 116 Å². The van der Waals surface area contributed by atoms with Gasteiger partial charge in [0.15, 0.2) is 0 Å². The van der Waals surface area contributed by atoms with Crippen LogP contribution in [-0.2, 0) is 24.4 Å². The zero-order chi connectivity index (χ0) is 21.4. The van der Waals surface area contributed by atoms with E-state index < -0.39 is 15.9 Å². The predicted octanol–water partition coefficient (Wildman–Crippen LogP) is -0.364. The molecule has 1 heterocycles. The molecule has 29 heavy (non-hydrogen) atoms. The molecular weight excluding hydrogens is 396 g/mol. The Morgan fingerprint density at radius 2 is 1.62 bits per heavy atom. The lowest BCUT2D eigenvalue weighted by Crippen LogP contribution is -2.50. The number of likely N-dealkylation sites (N-methyl/N-ethyl adjacent to an activating group) is 1. The Bertz CT molecular complexity index is 872. The van der Waals surface area contributed by atoms with E-state index in [-0.39, 0.29) is 49.4 Å². The Labute approximate surface area is 170 Å². The smallest absolute Gasteiger partial charge is 0.246 e. The fraction of sp³-hybridized carbons (Fsp3) is 0.421. The maximum absolute atomic E-state index is 12.7. The summed E-state index contributed by atoms with van der Waals surface area (Å²) in [7, 11) is -3.60. The Balaban J connectivity index is 1.85. The highest BCUT2D eigenvalue weighted by Gasteiger charge is 2.29. The van der Waals surface area contributed by atoms with Gasteiger partial charge in [0.1, 0.15) is 0 Å². The van der Waals surface area contributed by atoms with Gasteiger partial charge in [-0.05, 0) is 26.0 Å². The van der Waals surface area contributed by atoms with Crippen molar-refractivity contribution in [3.8, 4) is 0 Å². The molecule has 158 valence electrons. The van der Waals surface area contributed by atoms with Gasteiger partial charge in [0.2, 0.25) is 27.7 Å². The maximum atomic E-state index is 12.7. The highest BCUT2D eigenvalue weighted by atomic mass is 32.2. The minimum atomic E-state index is -3.60. The molecule has 0 spiro atoms. The molecule has 2 N–H and O–H groups in total. The SMILES string of the molecule is CCNC(=O)CNC(=O)/C=C/C(=O)N1CCN(S(=O)(=O)c2ccc(C)cc2)CC1. The van der Waals surface area contributed by atoms with Crippen molar-refractivity contribution < 1.29 is 22.8 Å². The Kier molecular flexibility index (Phi) is 7.91. The summed E-state index contributed by atoms with van der Waals surface area (Å²) < 4.78 is 26.7. The van der Waals surface area contributed by atoms with Crippen LogP contribution in [-0.4, -0.2) is 74.6 Å². The van der Waals surface area contributed by atoms with Gasteiger partial charge in [-0.15, -0.1) is 0 Å². The summed E-state index contributed by atoms with van der Waals surface area (Å²) in [4.78, 5) is 36.9. The minimum Gasteiger partial charge on any atom is -0.355 e. The highest BCUT2D eigenvalue weighted by molar-refractivity contribution is 7.89. The molecular formula is C19H26N4O5S. The van der Waals surface area contributed by atoms with Gasteiger partial charge >= 0.3 is 0 Å². The van der Waals surface area contributed by atoms with Gasteiger partial charge in [0.05, 0.1) is 11.4 Å². The molecule has 0 saturated carbocycles. The first-order valence-electron chi connectivity index (χ1n) is 9.32. The maximum Gasteiger partial charge on any atom is 0.246 e. The van der Waals surface area contributed by atoms with Crippen LogP contribution in [0.15, 0.2) is 41.3 Å². The first-order valence-corrected chi connectivity index (χ1v) is 10.8. The molecule has 1 aliphatic rings. The molecule has 0 unspecified atom stereocenters. The molecule has 3 amide bonds. The molecule has 0 aliphatic carbocycles. The summed E-state index contributed by atoms with van der Waals surface area (Å²) in [6.45, 7) is 4.77. The lowest BCUT2D eigenvalue weighted by Gasteiger charge is -2.33. The molecule has 0 radical (unpaired) electrons. The van der Waals surface area contributed by atoms with E-state index in [0.717, 1.165) is 17.7 Å².